The summed E-state index contributed by atoms with van der Waals surface area (Å²) < 4.78 is 1.83. The first-order valence-corrected chi connectivity index (χ1v) is 8.71. The number of halogens is 1. The van der Waals surface area contributed by atoms with Crippen LogP contribution in [0.5, 0.6) is 0 Å². The van der Waals surface area contributed by atoms with E-state index in [-0.39, 0.29) is 5.91 Å². The molecule has 3 rings (SSSR count). The Balaban J connectivity index is 1.70. The Morgan fingerprint density at radius 3 is 2.92 bits per heavy atom. The normalized spacial score (nSPS) is 15.4. The summed E-state index contributed by atoms with van der Waals surface area (Å²) in [6.07, 6.45) is 3.80. The minimum absolute atomic E-state index is 0.0994. The summed E-state index contributed by atoms with van der Waals surface area (Å²) in [7, 11) is 0. The lowest BCUT2D eigenvalue weighted by Gasteiger charge is -2.22. The van der Waals surface area contributed by atoms with Gasteiger partial charge in [0, 0.05) is 18.1 Å². The van der Waals surface area contributed by atoms with Crippen LogP contribution in [0.1, 0.15) is 41.9 Å². The average molecular weight is 348 g/mol. The Labute approximate surface area is 146 Å². The van der Waals surface area contributed by atoms with Gasteiger partial charge in [0.25, 0.3) is 5.91 Å². The number of carbonyl (C=O) groups is 1. The van der Waals surface area contributed by atoms with E-state index in [1.54, 1.807) is 11.1 Å². The summed E-state index contributed by atoms with van der Waals surface area (Å²) in [6, 6.07) is 7.89. The third kappa shape index (κ3) is 3.94. The van der Waals surface area contributed by atoms with Gasteiger partial charge in [-0.3, -0.25) is 4.79 Å². The number of hydrogen-bond donors (Lipinski definition) is 1. The van der Waals surface area contributed by atoms with Crippen LogP contribution in [0.15, 0.2) is 30.5 Å². The quantitative estimate of drug-likeness (QED) is 0.902. The van der Waals surface area contributed by atoms with E-state index in [0.717, 1.165) is 31.5 Å². The molecule has 2 heterocycles. The number of amides is 1. The Morgan fingerprint density at radius 1 is 1.42 bits per heavy atom. The number of hydrogen-bond acceptors (Lipinski definition) is 4. The van der Waals surface area contributed by atoms with E-state index in [2.05, 4.69) is 15.6 Å². The van der Waals surface area contributed by atoms with E-state index in [1.807, 2.05) is 35.9 Å². The number of carbonyl (C=O) groups excluding carboxylic acids is 1. The van der Waals surface area contributed by atoms with Crippen molar-refractivity contribution in [3.63, 3.8) is 0 Å². The maximum absolute atomic E-state index is 12.7. The average Bonchev–Trinajstić information content (AvgIpc) is 3.10. The number of nitrogens with one attached hydrogen (secondary N) is 1. The zero-order valence-electron chi connectivity index (χ0n) is 13.8. The second-order valence-corrected chi connectivity index (χ2v) is 6.45. The van der Waals surface area contributed by atoms with E-state index >= 15 is 0 Å². The topological polar surface area (TPSA) is 63.1 Å². The number of nitrogens with zero attached hydrogens (tertiary/aromatic N) is 4. The van der Waals surface area contributed by atoms with Gasteiger partial charge in [-0.2, -0.15) is 0 Å². The lowest BCUT2D eigenvalue weighted by atomic mass is 10.1. The summed E-state index contributed by atoms with van der Waals surface area (Å²) in [6.45, 7) is 5.02. The van der Waals surface area contributed by atoms with Crippen LogP contribution in [-0.2, 0) is 6.54 Å². The first-order chi connectivity index (χ1) is 11.7. The minimum Gasteiger partial charge on any atom is -0.333 e. The molecule has 1 aromatic heterocycles. The Kier molecular flexibility index (Phi) is 5.48. The molecule has 1 aromatic carbocycles. The molecule has 6 nitrogen and oxygen atoms in total. The van der Waals surface area contributed by atoms with Crippen LogP contribution in [0.25, 0.3) is 0 Å². The van der Waals surface area contributed by atoms with Crippen LogP contribution >= 0.6 is 11.6 Å². The van der Waals surface area contributed by atoms with Crippen LogP contribution in [0.3, 0.4) is 0 Å². The van der Waals surface area contributed by atoms with Crippen molar-refractivity contribution in [3.05, 3.63) is 46.7 Å². The van der Waals surface area contributed by atoms with Crippen molar-refractivity contribution in [1.82, 2.24) is 25.2 Å². The van der Waals surface area contributed by atoms with E-state index in [9.17, 15) is 4.79 Å². The number of rotatable bonds is 5. The molecule has 0 spiro atoms. The molecule has 0 saturated carbocycles. The van der Waals surface area contributed by atoms with Gasteiger partial charge in [0.2, 0.25) is 0 Å². The fourth-order valence-corrected chi connectivity index (χ4v) is 3.18. The molecule has 1 fully saturated rings. The highest BCUT2D eigenvalue weighted by Gasteiger charge is 2.21. The van der Waals surface area contributed by atoms with Gasteiger partial charge >= 0.3 is 0 Å². The number of piperidine rings is 1. The van der Waals surface area contributed by atoms with Crippen molar-refractivity contribution in [1.29, 1.82) is 0 Å². The highest BCUT2D eigenvalue weighted by Crippen LogP contribution is 2.18. The maximum atomic E-state index is 12.7. The predicted octanol–water partition coefficient (Wildman–Crippen LogP) is 2.52. The van der Waals surface area contributed by atoms with Gasteiger partial charge < -0.3 is 10.2 Å². The molecule has 0 bridgehead atoms. The molecule has 0 atom stereocenters. The van der Waals surface area contributed by atoms with Crippen LogP contribution in [0.4, 0.5) is 0 Å². The molecule has 128 valence electrons. The van der Waals surface area contributed by atoms with Crippen molar-refractivity contribution in [2.75, 3.05) is 19.6 Å². The van der Waals surface area contributed by atoms with Crippen molar-refractivity contribution < 1.29 is 4.79 Å². The first-order valence-electron chi connectivity index (χ1n) is 8.33. The molecule has 7 heteroatoms. The fourth-order valence-electron chi connectivity index (χ4n) is 2.97. The predicted molar refractivity (Wildman–Crippen MR) is 93.0 cm³/mol. The molecular weight excluding hydrogens is 326 g/mol. The summed E-state index contributed by atoms with van der Waals surface area (Å²) in [5, 5.41) is 12.3. The SMILES string of the molecule is CCN(Cc1cccc(Cl)c1)C(=O)c1cn(C2CCNCC2)nn1. The van der Waals surface area contributed by atoms with E-state index in [4.69, 9.17) is 11.6 Å². The Hall–Kier alpha value is -1.92. The molecule has 0 unspecified atom stereocenters. The van der Waals surface area contributed by atoms with Gasteiger partial charge in [0.05, 0.1) is 12.2 Å². The molecule has 1 amide bonds. The van der Waals surface area contributed by atoms with E-state index in [1.165, 1.54) is 0 Å². The van der Waals surface area contributed by atoms with Gasteiger partial charge in [0.1, 0.15) is 0 Å². The fraction of sp³-hybridized carbons (Fsp3) is 0.471. The molecule has 1 aliphatic heterocycles. The van der Waals surface area contributed by atoms with Gasteiger partial charge in [-0.1, -0.05) is 28.9 Å². The highest BCUT2D eigenvalue weighted by molar-refractivity contribution is 6.30. The van der Waals surface area contributed by atoms with Gasteiger partial charge in [0.15, 0.2) is 5.69 Å². The first kappa shape index (κ1) is 16.9. The monoisotopic (exact) mass is 347 g/mol. The zero-order chi connectivity index (χ0) is 16.9. The third-order valence-electron chi connectivity index (χ3n) is 4.34. The second kappa shape index (κ2) is 7.77. The van der Waals surface area contributed by atoms with E-state index in [0.29, 0.717) is 29.8 Å². The smallest absolute Gasteiger partial charge is 0.276 e. The Bertz CT molecular complexity index is 696. The zero-order valence-corrected chi connectivity index (χ0v) is 14.5. The molecule has 1 saturated heterocycles. The van der Waals surface area contributed by atoms with Gasteiger partial charge in [-0.15, -0.1) is 5.10 Å². The van der Waals surface area contributed by atoms with Gasteiger partial charge in [-0.25, -0.2) is 4.68 Å². The largest absolute Gasteiger partial charge is 0.333 e. The van der Waals surface area contributed by atoms with Crippen molar-refractivity contribution in [2.45, 2.75) is 32.4 Å². The number of benzene rings is 1. The molecule has 0 radical (unpaired) electrons. The Morgan fingerprint density at radius 2 is 2.21 bits per heavy atom. The standard InChI is InChI=1S/C17H22ClN5O/c1-2-22(11-13-4-3-5-14(18)10-13)17(24)16-12-23(21-20-16)15-6-8-19-9-7-15/h3-5,10,12,15,19H,2,6-9,11H2,1H3. The summed E-state index contributed by atoms with van der Waals surface area (Å²) >= 11 is 6.02. The lowest BCUT2D eigenvalue weighted by molar-refractivity contribution is 0.0746. The van der Waals surface area contributed by atoms with Crippen molar-refractivity contribution in [2.24, 2.45) is 0 Å². The summed E-state index contributed by atoms with van der Waals surface area (Å²) in [4.78, 5) is 14.5. The van der Waals surface area contributed by atoms with Crippen LogP contribution in [0, 0.1) is 0 Å². The summed E-state index contributed by atoms with van der Waals surface area (Å²) in [5.41, 5.74) is 1.40. The minimum atomic E-state index is -0.0994. The molecule has 24 heavy (non-hydrogen) atoms. The number of aromatic nitrogens is 3. The van der Waals surface area contributed by atoms with Crippen LogP contribution in [0.2, 0.25) is 5.02 Å². The van der Waals surface area contributed by atoms with Crippen LogP contribution < -0.4 is 5.32 Å². The third-order valence-corrected chi connectivity index (χ3v) is 4.58. The molecule has 1 N–H and O–H groups in total. The van der Waals surface area contributed by atoms with Crippen molar-refractivity contribution in [3.8, 4) is 0 Å². The summed E-state index contributed by atoms with van der Waals surface area (Å²) in [5.74, 6) is -0.0994. The lowest BCUT2D eigenvalue weighted by Crippen LogP contribution is -2.31. The highest BCUT2D eigenvalue weighted by atomic mass is 35.5. The maximum Gasteiger partial charge on any atom is 0.276 e. The molecule has 0 aliphatic carbocycles. The van der Waals surface area contributed by atoms with Crippen molar-refractivity contribution >= 4 is 17.5 Å². The van der Waals surface area contributed by atoms with E-state index < -0.39 is 0 Å². The molecular formula is C17H22ClN5O. The van der Waals surface area contributed by atoms with Gasteiger partial charge in [-0.05, 0) is 50.6 Å². The van der Waals surface area contributed by atoms with Crippen LogP contribution in [-0.4, -0.2) is 45.4 Å². The molecule has 2 aromatic rings. The molecule has 1 aliphatic rings. The second-order valence-electron chi connectivity index (χ2n) is 6.01.